The first-order valence-electron chi connectivity index (χ1n) is 8.12. The predicted molar refractivity (Wildman–Crippen MR) is 93.7 cm³/mol. The molecule has 2 heterocycles. The van der Waals surface area contributed by atoms with Crippen LogP contribution in [0.3, 0.4) is 0 Å². The Balaban J connectivity index is 1.57. The van der Waals surface area contributed by atoms with Crippen molar-refractivity contribution in [1.29, 1.82) is 0 Å². The van der Waals surface area contributed by atoms with E-state index in [9.17, 15) is 13.6 Å². The van der Waals surface area contributed by atoms with Crippen molar-refractivity contribution in [3.63, 3.8) is 0 Å². The number of rotatable bonds is 4. The molecule has 0 bridgehead atoms. The van der Waals surface area contributed by atoms with Crippen molar-refractivity contribution in [3.8, 4) is 11.3 Å². The number of hydrogen-bond acceptors (Lipinski definition) is 4. The standard InChI is InChI=1S/C19H13F2N5O/c20-14-7-6-13(10-15(14)21)19(27)22-11-18-24-23-17-9-8-16(25-26(17)18)12-4-2-1-3-5-12/h1-10H,11H2,(H,22,27). The number of carbonyl (C=O) groups is 1. The van der Waals surface area contributed by atoms with Crippen LogP contribution >= 0.6 is 0 Å². The number of aromatic nitrogens is 4. The fourth-order valence-electron chi connectivity index (χ4n) is 2.61. The second-order valence-corrected chi connectivity index (χ2v) is 5.78. The lowest BCUT2D eigenvalue weighted by Crippen LogP contribution is -2.24. The maximum Gasteiger partial charge on any atom is 0.251 e. The zero-order chi connectivity index (χ0) is 18.8. The molecule has 0 fully saturated rings. The first-order chi connectivity index (χ1) is 13.1. The van der Waals surface area contributed by atoms with Gasteiger partial charge in [-0.1, -0.05) is 30.3 Å². The quantitative estimate of drug-likeness (QED) is 0.603. The minimum Gasteiger partial charge on any atom is -0.345 e. The first-order valence-corrected chi connectivity index (χ1v) is 8.12. The highest BCUT2D eigenvalue weighted by Gasteiger charge is 2.13. The molecule has 2 aromatic heterocycles. The van der Waals surface area contributed by atoms with E-state index in [0.29, 0.717) is 11.5 Å². The van der Waals surface area contributed by atoms with Crippen LogP contribution in [0, 0.1) is 11.6 Å². The van der Waals surface area contributed by atoms with Crippen LogP contribution < -0.4 is 5.32 Å². The Morgan fingerprint density at radius 3 is 2.56 bits per heavy atom. The molecule has 0 saturated carbocycles. The van der Waals surface area contributed by atoms with Gasteiger partial charge < -0.3 is 5.32 Å². The van der Waals surface area contributed by atoms with E-state index >= 15 is 0 Å². The molecule has 0 saturated heterocycles. The zero-order valence-corrected chi connectivity index (χ0v) is 13.9. The van der Waals surface area contributed by atoms with Gasteiger partial charge in [0.05, 0.1) is 12.2 Å². The summed E-state index contributed by atoms with van der Waals surface area (Å²) < 4.78 is 27.8. The third kappa shape index (κ3) is 3.37. The molecule has 134 valence electrons. The number of halogens is 2. The summed E-state index contributed by atoms with van der Waals surface area (Å²) in [5.41, 5.74) is 2.22. The summed E-state index contributed by atoms with van der Waals surface area (Å²) in [4.78, 5) is 12.1. The van der Waals surface area contributed by atoms with E-state index in [4.69, 9.17) is 0 Å². The minimum absolute atomic E-state index is 0.0145. The van der Waals surface area contributed by atoms with Gasteiger partial charge >= 0.3 is 0 Å². The summed E-state index contributed by atoms with van der Waals surface area (Å²) in [5, 5.41) is 15.2. The molecule has 6 nitrogen and oxygen atoms in total. The number of carbonyl (C=O) groups excluding carboxylic acids is 1. The second-order valence-electron chi connectivity index (χ2n) is 5.78. The van der Waals surface area contributed by atoms with Crippen LogP contribution in [0.15, 0.2) is 60.7 Å². The fraction of sp³-hybridized carbons (Fsp3) is 0.0526. The van der Waals surface area contributed by atoms with Gasteiger partial charge in [0.1, 0.15) is 0 Å². The summed E-state index contributed by atoms with van der Waals surface area (Å²) in [6.07, 6.45) is 0. The van der Waals surface area contributed by atoms with E-state index in [-0.39, 0.29) is 12.1 Å². The Bertz CT molecular complexity index is 1130. The molecule has 2 aromatic carbocycles. The molecular weight excluding hydrogens is 352 g/mol. The molecule has 0 aliphatic rings. The molecule has 27 heavy (non-hydrogen) atoms. The SMILES string of the molecule is O=C(NCc1nnc2ccc(-c3ccccc3)nn12)c1ccc(F)c(F)c1. The molecule has 0 unspecified atom stereocenters. The summed E-state index contributed by atoms with van der Waals surface area (Å²) in [7, 11) is 0. The van der Waals surface area contributed by atoms with Gasteiger partial charge in [-0.15, -0.1) is 10.2 Å². The summed E-state index contributed by atoms with van der Waals surface area (Å²) in [6.45, 7) is 0.0320. The van der Waals surface area contributed by atoms with Crippen molar-refractivity contribution >= 4 is 11.6 Å². The van der Waals surface area contributed by atoms with Crippen molar-refractivity contribution in [2.24, 2.45) is 0 Å². The van der Waals surface area contributed by atoms with Crippen LogP contribution in [-0.4, -0.2) is 25.7 Å². The lowest BCUT2D eigenvalue weighted by Gasteiger charge is -2.05. The van der Waals surface area contributed by atoms with E-state index in [1.165, 1.54) is 10.6 Å². The highest BCUT2D eigenvalue weighted by atomic mass is 19.2. The van der Waals surface area contributed by atoms with Gasteiger partial charge in [0, 0.05) is 11.1 Å². The topological polar surface area (TPSA) is 72.2 Å². The average Bonchev–Trinajstić information content (AvgIpc) is 3.11. The molecule has 1 N–H and O–H groups in total. The highest BCUT2D eigenvalue weighted by molar-refractivity contribution is 5.94. The zero-order valence-electron chi connectivity index (χ0n) is 13.9. The minimum atomic E-state index is -1.08. The van der Waals surface area contributed by atoms with Gasteiger partial charge in [-0.05, 0) is 30.3 Å². The molecule has 0 spiro atoms. The van der Waals surface area contributed by atoms with Crippen molar-refractivity contribution in [3.05, 3.63) is 83.7 Å². The third-order valence-corrected chi connectivity index (χ3v) is 3.99. The fourth-order valence-corrected chi connectivity index (χ4v) is 2.61. The van der Waals surface area contributed by atoms with Crippen LogP contribution in [0.25, 0.3) is 16.9 Å². The second kappa shape index (κ2) is 6.91. The van der Waals surface area contributed by atoms with Gasteiger partial charge in [0.2, 0.25) is 0 Å². The van der Waals surface area contributed by atoms with E-state index in [0.717, 1.165) is 23.4 Å². The third-order valence-electron chi connectivity index (χ3n) is 3.99. The molecule has 8 heteroatoms. The molecular formula is C19H13F2N5O. The van der Waals surface area contributed by atoms with E-state index in [1.807, 2.05) is 36.4 Å². The molecule has 0 radical (unpaired) electrons. The van der Waals surface area contributed by atoms with E-state index < -0.39 is 17.5 Å². The maximum absolute atomic E-state index is 13.3. The molecule has 0 aliphatic carbocycles. The van der Waals surface area contributed by atoms with Crippen molar-refractivity contribution < 1.29 is 13.6 Å². The average molecular weight is 365 g/mol. The number of amides is 1. The van der Waals surface area contributed by atoms with Gasteiger partial charge in [0.15, 0.2) is 23.1 Å². The van der Waals surface area contributed by atoms with Crippen LogP contribution in [0.5, 0.6) is 0 Å². The smallest absolute Gasteiger partial charge is 0.251 e. The van der Waals surface area contributed by atoms with Gasteiger partial charge in [-0.3, -0.25) is 4.79 Å². The summed E-state index contributed by atoms with van der Waals surface area (Å²) in [6, 6.07) is 16.2. The lowest BCUT2D eigenvalue weighted by molar-refractivity contribution is 0.0949. The van der Waals surface area contributed by atoms with Crippen LogP contribution in [0.2, 0.25) is 0 Å². The van der Waals surface area contributed by atoms with E-state index in [2.05, 4.69) is 20.6 Å². The Morgan fingerprint density at radius 1 is 0.963 bits per heavy atom. The molecule has 4 aromatic rings. The monoisotopic (exact) mass is 365 g/mol. The van der Waals surface area contributed by atoms with Crippen LogP contribution in [0.1, 0.15) is 16.2 Å². The number of hydrogen-bond donors (Lipinski definition) is 1. The Hall–Kier alpha value is -3.68. The normalized spacial score (nSPS) is 10.9. The maximum atomic E-state index is 13.3. The predicted octanol–water partition coefficient (Wildman–Crippen LogP) is 3.00. The van der Waals surface area contributed by atoms with Gasteiger partial charge in [-0.2, -0.15) is 9.61 Å². The number of fused-ring (bicyclic) bond motifs is 1. The summed E-state index contributed by atoms with van der Waals surface area (Å²) >= 11 is 0. The van der Waals surface area contributed by atoms with Crippen molar-refractivity contribution in [2.75, 3.05) is 0 Å². The van der Waals surface area contributed by atoms with E-state index in [1.54, 1.807) is 6.07 Å². The Morgan fingerprint density at radius 2 is 1.78 bits per heavy atom. The summed E-state index contributed by atoms with van der Waals surface area (Å²) in [5.74, 6) is -2.22. The van der Waals surface area contributed by atoms with Gasteiger partial charge in [0.25, 0.3) is 5.91 Å². The molecule has 0 atom stereocenters. The van der Waals surface area contributed by atoms with Crippen LogP contribution in [0.4, 0.5) is 8.78 Å². The molecule has 1 amide bonds. The van der Waals surface area contributed by atoms with Crippen molar-refractivity contribution in [1.82, 2.24) is 25.1 Å². The van der Waals surface area contributed by atoms with Crippen LogP contribution in [-0.2, 0) is 6.54 Å². The number of nitrogens with zero attached hydrogens (tertiary/aromatic N) is 4. The largest absolute Gasteiger partial charge is 0.345 e. The Kier molecular flexibility index (Phi) is 4.29. The Labute approximate surface area is 152 Å². The molecule has 0 aliphatic heterocycles. The highest BCUT2D eigenvalue weighted by Crippen LogP contribution is 2.16. The number of benzene rings is 2. The first kappa shape index (κ1) is 16.8. The van der Waals surface area contributed by atoms with Crippen molar-refractivity contribution in [2.45, 2.75) is 6.54 Å². The molecule has 4 rings (SSSR count). The lowest BCUT2D eigenvalue weighted by atomic mass is 10.1. The van der Waals surface area contributed by atoms with Gasteiger partial charge in [-0.25, -0.2) is 8.78 Å². The number of nitrogens with one attached hydrogen (secondary N) is 1.